The van der Waals surface area contributed by atoms with Gasteiger partial charge in [-0.15, -0.1) is 0 Å². The molecule has 2 N–H and O–H groups in total. The van der Waals surface area contributed by atoms with E-state index in [1.165, 1.54) is 12.1 Å². The van der Waals surface area contributed by atoms with Crippen molar-refractivity contribution in [3.63, 3.8) is 0 Å². The van der Waals surface area contributed by atoms with Crippen LogP contribution in [-0.2, 0) is 4.79 Å². The molecule has 166 valence electrons. The highest BCUT2D eigenvalue weighted by Crippen LogP contribution is 2.25. The summed E-state index contributed by atoms with van der Waals surface area (Å²) in [7, 11) is 0. The number of benzene rings is 2. The molecule has 0 radical (unpaired) electrons. The van der Waals surface area contributed by atoms with E-state index in [0.717, 1.165) is 37.2 Å². The molecule has 31 heavy (non-hydrogen) atoms. The number of halogens is 2. The van der Waals surface area contributed by atoms with Gasteiger partial charge in [-0.05, 0) is 61.6 Å². The van der Waals surface area contributed by atoms with Crippen molar-refractivity contribution < 1.29 is 23.1 Å². The number of para-hydroxylation sites is 2. The van der Waals surface area contributed by atoms with Crippen molar-refractivity contribution in [2.45, 2.75) is 33.3 Å². The quantitative estimate of drug-likeness (QED) is 0.676. The summed E-state index contributed by atoms with van der Waals surface area (Å²) in [6.45, 7) is 2.52. The fraction of sp³-hybridized carbons (Fsp3) is 0.391. The van der Waals surface area contributed by atoms with Gasteiger partial charge in [0, 0.05) is 24.3 Å². The molecule has 2 aromatic carbocycles. The fourth-order valence-corrected chi connectivity index (χ4v) is 3.69. The molecule has 8 heteroatoms. The summed E-state index contributed by atoms with van der Waals surface area (Å²) in [5.41, 5.74) is 2.35. The van der Waals surface area contributed by atoms with Gasteiger partial charge >= 0.3 is 6.61 Å². The number of nitrogens with one attached hydrogen (secondary N) is 2. The van der Waals surface area contributed by atoms with E-state index in [1.807, 2.05) is 17.9 Å². The second-order valence-electron chi connectivity index (χ2n) is 7.80. The lowest BCUT2D eigenvalue weighted by Crippen LogP contribution is -2.39. The Kier molecular flexibility index (Phi) is 7.44. The molecule has 1 unspecified atom stereocenters. The fourth-order valence-electron chi connectivity index (χ4n) is 3.69. The lowest BCUT2D eigenvalue weighted by molar-refractivity contribution is -0.114. The number of rotatable bonds is 7. The van der Waals surface area contributed by atoms with Gasteiger partial charge in [0.25, 0.3) is 5.91 Å². The summed E-state index contributed by atoms with van der Waals surface area (Å²) in [5.74, 6) is 0.0214. The molecule has 1 aliphatic heterocycles. The molecule has 0 bridgehead atoms. The number of amides is 2. The molecule has 1 atom stereocenters. The number of ether oxygens (including phenoxy) is 1. The number of piperidine rings is 1. The number of hydrogen-bond donors (Lipinski definition) is 2. The third-order valence-electron chi connectivity index (χ3n) is 5.23. The Bertz CT molecular complexity index is 936. The predicted molar refractivity (Wildman–Crippen MR) is 116 cm³/mol. The van der Waals surface area contributed by atoms with E-state index in [2.05, 4.69) is 22.3 Å². The number of carbonyl (C=O) groups excluding carboxylic acids is 2. The van der Waals surface area contributed by atoms with Crippen LogP contribution in [0.1, 0.15) is 35.7 Å². The van der Waals surface area contributed by atoms with Crippen LogP contribution in [-0.4, -0.2) is 43.0 Å². The minimum Gasteiger partial charge on any atom is -0.433 e. The Morgan fingerprint density at radius 2 is 1.97 bits per heavy atom. The highest BCUT2D eigenvalue weighted by atomic mass is 19.3. The lowest BCUT2D eigenvalue weighted by atomic mass is 9.99. The Morgan fingerprint density at radius 1 is 1.19 bits per heavy atom. The van der Waals surface area contributed by atoms with Crippen molar-refractivity contribution in [1.29, 1.82) is 0 Å². The van der Waals surface area contributed by atoms with Crippen LogP contribution in [0.2, 0.25) is 0 Å². The van der Waals surface area contributed by atoms with Gasteiger partial charge in [0.1, 0.15) is 5.75 Å². The van der Waals surface area contributed by atoms with Crippen LogP contribution >= 0.6 is 0 Å². The zero-order chi connectivity index (χ0) is 22.4. The Hall–Kier alpha value is -3.16. The number of alkyl halides is 2. The van der Waals surface area contributed by atoms with E-state index in [-0.39, 0.29) is 23.9 Å². The van der Waals surface area contributed by atoms with Crippen LogP contribution in [0.3, 0.4) is 0 Å². The molecule has 0 saturated carbocycles. The van der Waals surface area contributed by atoms with Crippen LogP contribution in [0.4, 0.5) is 20.2 Å². The van der Waals surface area contributed by atoms with Gasteiger partial charge in [-0.25, -0.2) is 0 Å². The number of nitrogens with zero attached hydrogens (tertiary/aromatic N) is 1. The van der Waals surface area contributed by atoms with Gasteiger partial charge < -0.3 is 20.3 Å². The number of likely N-dealkylation sites (tertiary alicyclic amines) is 1. The first kappa shape index (κ1) is 22.5. The predicted octanol–water partition coefficient (Wildman–Crippen LogP) is 4.52. The SMILES string of the molecule is Cc1cc(C(=O)N2CCCC(C)C2)ccc1NCC(=O)Nc1ccccc1OC(F)F. The van der Waals surface area contributed by atoms with Crippen LogP contribution in [0, 0.1) is 12.8 Å². The van der Waals surface area contributed by atoms with Crippen LogP contribution in [0.5, 0.6) is 5.75 Å². The second-order valence-corrected chi connectivity index (χ2v) is 7.80. The molecular formula is C23H27F2N3O3. The first-order valence-electron chi connectivity index (χ1n) is 10.3. The maximum atomic E-state index is 12.8. The molecule has 3 rings (SSSR count). The molecule has 2 aromatic rings. The topological polar surface area (TPSA) is 70.7 Å². The lowest BCUT2D eigenvalue weighted by Gasteiger charge is -2.31. The van der Waals surface area contributed by atoms with Gasteiger partial charge in [-0.1, -0.05) is 19.1 Å². The normalized spacial score (nSPS) is 16.2. The first-order valence-corrected chi connectivity index (χ1v) is 10.3. The van der Waals surface area contributed by atoms with Crippen molar-refractivity contribution in [3.8, 4) is 5.75 Å². The third kappa shape index (κ3) is 6.16. The van der Waals surface area contributed by atoms with Crippen molar-refractivity contribution >= 4 is 23.2 Å². The molecular weight excluding hydrogens is 404 g/mol. The maximum Gasteiger partial charge on any atom is 0.387 e. The minimum atomic E-state index is -2.98. The van der Waals surface area contributed by atoms with E-state index >= 15 is 0 Å². The summed E-state index contributed by atoms with van der Waals surface area (Å²) in [5, 5.41) is 5.58. The average molecular weight is 431 g/mol. The highest BCUT2D eigenvalue weighted by molar-refractivity contribution is 5.96. The van der Waals surface area contributed by atoms with Gasteiger partial charge in [-0.3, -0.25) is 9.59 Å². The molecule has 1 heterocycles. The zero-order valence-corrected chi connectivity index (χ0v) is 17.7. The molecule has 0 aromatic heterocycles. The number of aryl methyl sites for hydroxylation is 1. The summed E-state index contributed by atoms with van der Waals surface area (Å²) in [6.07, 6.45) is 2.17. The Morgan fingerprint density at radius 3 is 2.68 bits per heavy atom. The van der Waals surface area contributed by atoms with E-state index in [0.29, 0.717) is 11.5 Å². The Labute approximate surface area is 180 Å². The summed E-state index contributed by atoms with van der Waals surface area (Å²) < 4.78 is 29.4. The van der Waals surface area contributed by atoms with Crippen molar-refractivity contribution in [2.75, 3.05) is 30.3 Å². The van der Waals surface area contributed by atoms with Crippen LogP contribution in [0.15, 0.2) is 42.5 Å². The van der Waals surface area contributed by atoms with Gasteiger partial charge in [0.2, 0.25) is 5.91 Å². The highest BCUT2D eigenvalue weighted by Gasteiger charge is 2.22. The van der Waals surface area contributed by atoms with Crippen molar-refractivity contribution in [1.82, 2.24) is 4.90 Å². The van der Waals surface area contributed by atoms with Crippen molar-refractivity contribution in [3.05, 3.63) is 53.6 Å². The molecule has 6 nitrogen and oxygen atoms in total. The standard InChI is InChI=1S/C23H27F2N3O3/c1-15-6-5-11-28(14-15)22(30)17-9-10-18(16(2)12-17)26-13-21(29)27-19-7-3-4-8-20(19)31-23(24)25/h3-4,7-10,12,15,23,26H,5-6,11,13-14H2,1-2H3,(H,27,29). The average Bonchev–Trinajstić information content (AvgIpc) is 2.73. The summed E-state index contributed by atoms with van der Waals surface area (Å²) >= 11 is 0. The van der Waals surface area contributed by atoms with Crippen LogP contribution < -0.4 is 15.4 Å². The van der Waals surface area contributed by atoms with Crippen molar-refractivity contribution in [2.24, 2.45) is 5.92 Å². The molecule has 2 amide bonds. The van der Waals surface area contributed by atoms with Crippen LogP contribution in [0.25, 0.3) is 0 Å². The molecule has 1 fully saturated rings. The first-order chi connectivity index (χ1) is 14.8. The Balaban J connectivity index is 1.58. The smallest absolute Gasteiger partial charge is 0.387 e. The number of anilines is 2. The largest absolute Gasteiger partial charge is 0.433 e. The van der Waals surface area contributed by atoms with Gasteiger partial charge in [-0.2, -0.15) is 8.78 Å². The van der Waals surface area contributed by atoms with E-state index in [1.54, 1.807) is 24.3 Å². The van der Waals surface area contributed by atoms with Gasteiger partial charge in [0.15, 0.2) is 0 Å². The summed E-state index contributed by atoms with van der Waals surface area (Å²) in [4.78, 5) is 26.9. The summed E-state index contributed by atoms with van der Waals surface area (Å²) in [6, 6.07) is 11.3. The number of hydrogen-bond acceptors (Lipinski definition) is 4. The minimum absolute atomic E-state index is 0.0228. The maximum absolute atomic E-state index is 12.8. The molecule has 1 aliphatic rings. The second kappa shape index (κ2) is 10.2. The van der Waals surface area contributed by atoms with Gasteiger partial charge in [0.05, 0.1) is 12.2 Å². The third-order valence-corrected chi connectivity index (χ3v) is 5.23. The monoisotopic (exact) mass is 431 g/mol. The van der Waals surface area contributed by atoms with E-state index in [9.17, 15) is 18.4 Å². The zero-order valence-electron chi connectivity index (χ0n) is 17.7. The van der Waals surface area contributed by atoms with E-state index in [4.69, 9.17) is 0 Å². The molecule has 1 saturated heterocycles. The number of carbonyl (C=O) groups is 2. The molecule has 0 aliphatic carbocycles. The molecule has 0 spiro atoms. The van der Waals surface area contributed by atoms with E-state index < -0.39 is 12.5 Å².